The fraction of sp³-hybridized carbons (Fsp3) is 0.333. The summed E-state index contributed by atoms with van der Waals surface area (Å²) < 4.78 is 35.1. The summed E-state index contributed by atoms with van der Waals surface area (Å²) in [5.74, 6) is -0.372. The monoisotopic (exact) mass is 526 g/mol. The normalized spacial score (nSPS) is 13.3. The van der Waals surface area contributed by atoms with Gasteiger partial charge in [-0.05, 0) is 78.1 Å². The molecule has 0 saturated heterocycles. The maximum Gasteiger partial charge on any atom is 0.328 e. The molecular formula is C27H30N2O5S2. The van der Waals surface area contributed by atoms with Crippen molar-refractivity contribution >= 4 is 39.1 Å². The van der Waals surface area contributed by atoms with Crippen LogP contribution in [0.2, 0.25) is 0 Å². The van der Waals surface area contributed by atoms with E-state index in [0.717, 1.165) is 58.9 Å². The van der Waals surface area contributed by atoms with Crippen LogP contribution in [-0.4, -0.2) is 31.0 Å². The van der Waals surface area contributed by atoms with Crippen molar-refractivity contribution in [2.45, 2.75) is 51.0 Å². The highest BCUT2D eigenvalue weighted by Crippen LogP contribution is 2.39. The van der Waals surface area contributed by atoms with Gasteiger partial charge in [-0.15, -0.1) is 11.3 Å². The number of benzene rings is 2. The van der Waals surface area contributed by atoms with Crippen molar-refractivity contribution in [3.8, 4) is 5.75 Å². The molecule has 0 atom stereocenters. The van der Waals surface area contributed by atoms with E-state index in [4.69, 9.17) is 9.84 Å². The molecule has 9 heteroatoms. The third-order valence-electron chi connectivity index (χ3n) is 6.06. The lowest BCUT2D eigenvalue weighted by Gasteiger charge is -2.28. The topological polar surface area (TPSA) is 96.8 Å². The summed E-state index contributed by atoms with van der Waals surface area (Å²) in [7, 11) is -3.85. The number of sulfonamides is 1. The van der Waals surface area contributed by atoms with Crippen molar-refractivity contribution < 1.29 is 23.1 Å². The summed E-state index contributed by atoms with van der Waals surface area (Å²) in [5.41, 5.74) is 5.57. The van der Waals surface area contributed by atoms with Crippen LogP contribution in [-0.2, 0) is 34.3 Å². The number of fused-ring (bicyclic) bond motifs is 1. The van der Waals surface area contributed by atoms with Gasteiger partial charge < -0.3 is 9.84 Å². The first kappa shape index (κ1) is 25.9. The number of nitrogens with zero attached hydrogens (tertiary/aromatic N) is 2. The molecule has 0 amide bonds. The molecular weight excluding hydrogens is 496 g/mol. The van der Waals surface area contributed by atoms with Gasteiger partial charge in [0.15, 0.2) is 0 Å². The van der Waals surface area contributed by atoms with Crippen LogP contribution < -0.4 is 9.04 Å². The Kier molecular flexibility index (Phi) is 7.80. The largest absolute Gasteiger partial charge is 0.487 e. The second kappa shape index (κ2) is 10.8. The maximum atomic E-state index is 13.6. The smallest absolute Gasteiger partial charge is 0.328 e. The minimum atomic E-state index is -3.85. The van der Waals surface area contributed by atoms with Gasteiger partial charge in [0.05, 0.1) is 5.69 Å². The van der Waals surface area contributed by atoms with Gasteiger partial charge in [0, 0.05) is 24.2 Å². The van der Waals surface area contributed by atoms with E-state index in [1.807, 2.05) is 51.1 Å². The molecule has 0 spiro atoms. The molecule has 2 aromatic carbocycles. The SMILES string of the molecule is Cc1cc(/C=C/C(=O)O)ccc1COc1cc2c(cc1N(CC(C)C)S(=O)(=O)c1nccs1)CCC2. The first-order valence-corrected chi connectivity index (χ1v) is 14.2. The number of aromatic nitrogens is 1. The molecule has 0 unspecified atom stereocenters. The summed E-state index contributed by atoms with van der Waals surface area (Å²) in [4.78, 5) is 14.9. The minimum absolute atomic E-state index is 0.0652. The van der Waals surface area contributed by atoms with E-state index in [2.05, 4.69) is 4.98 Å². The van der Waals surface area contributed by atoms with Crippen LogP contribution in [0.4, 0.5) is 5.69 Å². The number of rotatable bonds is 10. The Hall–Kier alpha value is -3.17. The Labute approximate surface area is 216 Å². The summed E-state index contributed by atoms with van der Waals surface area (Å²) in [6.45, 7) is 6.48. The molecule has 0 aliphatic heterocycles. The first-order valence-electron chi connectivity index (χ1n) is 11.9. The number of carboxylic acid groups (broad SMARTS) is 1. The predicted molar refractivity (Wildman–Crippen MR) is 142 cm³/mol. The molecule has 0 fully saturated rings. The lowest BCUT2D eigenvalue weighted by Crippen LogP contribution is -2.34. The van der Waals surface area contributed by atoms with Crippen molar-refractivity contribution in [3.05, 3.63) is 75.8 Å². The lowest BCUT2D eigenvalue weighted by atomic mass is 10.0. The highest BCUT2D eigenvalue weighted by atomic mass is 32.2. The van der Waals surface area contributed by atoms with Gasteiger partial charge in [-0.1, -0.05) is 32.0 Å². The number of thiazole rings is 1. The molecule has 3 aromatic rings. The third-order valence-corrected chi connectivity index (χ3v) is 9.02. The van der Waals surface area contributed by atoms with Gasteiger partial charge in [-0.25, -0.2) is 9.78 Å². The maximum absolute atomic E-state index is 13.6. The highest BCUT2D eigenvalue weighted by molar-refractivity contribution is 7.94. The molecule has 1 aromatic heterocycles. The number of carboxylic acids is 1. The van der Waals surface area contributed by atoms with Gasteiger partial charge in [0.25, 0.3) is 10.0 Å². The molecule has 1 heterocycles. The Morgan fingerprint density at radius 2 is 1.97 bits per heavy atom. The Bertz CT molecular complexity index is 1380. The highest BCUT2D eigenvalue weighted by Gasteiger charge is 2.31. The fourth-order valence-corrected chi connectivity index (χ4v) is 6.86. The van der Waals surface area contributed by atoms with Crippen molar-refractivity contribution in [2.75, 3.05) is 10.8 Å². The van der Waals surface area contributed by atoms with E-state index in [1.165, 1.54) is 16.1 Å². The summed E-state index contributed by atoms with van der Waals surface area (Å²) in [5, 5.41) is 10.5. The number of anilines is 1. The average molecular weight is 527 g/mol. The number of aryl methyl sites for hydroxylation is 3. The van der Waals surface area contributed by atoms with E-state index >= 15 is 0 Å². The number of carbonyl (C=O) groups is 1. The van der Waals surface area contributed by atoms with Crippen LogP contribution in [0.3, 0.4) is 0 Å². The van der Waals surface area contributed by atoms with Crippen LogP contribution in [0.1, 0.15) is 48.1 Å². The average Bonchev–Trinajstić information content (AvgIpc) is 3.52. The second-order valence-electron chi connectivity index (χ2n) is 9.32. The zero-order chi connectivity index (χ0) is 25.9. The van der Waals surface area contributed by atoms with Crippen molar-refractivity contribution in [2.24, 2.45) is 5.92 Å². The zero-order valence-electron chi connectivity index (χ0n) is 20.6. The molecule has 0 radical (unpaired) electrons. The molecule has 1 aliphatic rings. The zero-order valence-corrected chi connectivity index (χ0v) is 22.2. The van der Waals surface area contributed by atoms with E-state index in [1.54, 1.807) is 11.5 Å². The Balaban J connectivity index is 1.69. The predicted octanol–water partition coefficient (Wildman–Crippen LogP) is 5.47. The number of hydrogen-bond donors (Lipinski definition) is 1. The van der Waals surface area contributed by atoms with Crippen LogP contribution in [0, 0.1) is 12.8 Å². The quantitative estimate of drug-likeness (QED) is 0.352. The fourth-order valence-electron chi connectivity index (χ4n) is 4.30. The molecule has 36 heavy (non-hydrogen) atoms. The molecule has 190 valence electrons. The van der Waals surface area contributed by atoms with Crippen LogP contribution in [0.5, 0.6) is 5.75 Å². The minimum Gasteiger partial charge on any atom is -0.487 e. The third kappa shape index (κ3) is 5.79. The number of hydrogen-bond acceptors (Lipinski definition) is 6. The van der Waals surface area contributed by atoms with E-state index in [9.17, 15) is 13.2 Å². The summed E-state index contributed by atoms with van der Waals surface area (Å²) in [6.07, 6.45) is 7.05. The molecule has 4 rings (SSSR count). The van der Waals surface area contributed by atoms with Crippen molar-refractivity contribution in [1.82, 2.24) is 4.98 Å². The van der Waals surface area contributed by atoms with Crippen molar-refractivity contribution in [1.29, 1.82) is 0 Å². The van der Waals surface area contributed by atoms with Gasteiger partial charge in [0.1, 0.15) is 12.4 Å². The van der Waals surface area contributed by atoms with Gasteiger partial charge in [-0.2, -0.15) is 8.42 Å². The molecule has 7 nitrogen and oxygen atoms in total. The van der Waals surface area contributed by atoms with Crippen LogP contribution >= 0.6 is 11.3 Å². The second-order valence-corrected chi connectivity index (χ2v) is 12.2. The van der Waals surface area contributed by atoms with Crippen LogP contribution in [0.25, 0.3) is 6.08 Å². The molecule has 0 saturated carbocycles. The van der Waals surface area contributed by atoms with Crippen LogP contribution in [0.15, 0.2) is 52.3 Å². The van der Waals surface area contributed by atoms with Crippen molar-refractivity contribution in [3.63, 3.8) is 0 Å². The van der Waals surface area contributed by atoms with E-state index in [0.29, 0.717) is 18.0 Å². The van der Waals surface area contributed by atoms with Gasteiger partial charge in [0.2, 0.25) is 4.34 Å². The lowest BCUT2D eigenvalue weighted by molar-refractivity contribution is -0.131. The van der Waals surface area contributed by atoms with Gasteiger partial charge in [-0.3, -0.25) is 4.31 Å². The van der Waals surface area contributed by atoms with E-state index in [-0.39, 0.29) is 16.9 Å². The summed E-state index contributed by atoms with van der Waals surface area (Å²) in [6, 6.07) is 9.61. The number of ether oxygens (including phenoxy) is 1. The molecule has 1 N–H and O–H groups in total. The molecule has 1 aliphatic carbocycles. The first-order chi connectivity index (χ1) is 17.1. The number of aliphatic carboxylic acids is 1. The summed E-state index contributed by atoms with van der Waals surface area (Å²) >= 11 is 1.11. The standard InChI is InChI=1S/C27H30N2O5S2/c1-18(2)16-29(36(32,33)27-28-11-12-35-27)24-14-21-5-4-6-22(21)15-25(24)34-17-23-9-7-20(13-19(23)3)8-10-26(30)31/h7-15,18H,4-6,16-17H2,1-3H3,(H,30,31)/b10-8+. The van der Waals surface area contributed by atoms with E-state index < -0.39 is 16.0 Å². The van der Waals surface area contributed by atoms with Gasteiger partial charge >= 0.3 is 5.97 Å². The Morgan fingerprint density at radius 1 is 1.22 bits per heavy atom. The molecule has 0 bridgehead atoms. The Morgan fingerprint density at radius 3 is 2.61 bits per heavy atom.